The molecular formula is C16H18N2O2. The van der Waals surface area contributed by atoms with Crippen molar-refractivity contribution in [2.75, 3.05) is 13.1 Å². The summed E-state index contributed by atoms with van der Waals surface area (Å²) >= 11 is 0. The van der Waals surface area contributed by atoms with Crippen molar-refractivity contribution in [3.8, 4) is 0 Å². The van der Waals surface area contributed by atoms with Crippen LogP contribution in [0.25, 0.3) is 10.9 Å². The smallest absolute Gasteiger partial charge is 0.407 e. The third-order valence-corrected chi connectivity index (χ3v) is 4.05. The number of carbonyl (C=O) groups is 1. The quantitative estimate of drug-likeness (QED) is 0.864. The molecule has 3 rings (SSSR count). The standard InChI is InChI=1S/C16H18N2O2/c1-11-8-12(10-18(9-11)16(19)20)13-4-2-6-15-14(13)5-3-7-17-15/h2-7,11-12H,8-10H2,1H3,(H,19,20)/t11-,12-/m1/s1. The van der Waals surface area contributed by atoms with Crippen molar-refractivity contribution in [1.82, 2.24) is 9.88 Å². The molecule has 1 N–H and O–H groups in total. The lowest BCUT2D eigenvalue weighted by atomic mass is 9.84. The largest absolute Gasteiger partial charge is 0.465 e. The van der Waals surface area contributed by atoms with Gasteiger partial charge < -0.3 is 10.0 Å². The van der Waals surface area contributed by atoms with E-state index in [2.05, 4.69) is 24.0 Å². The Bertz CT molecular complexity index is 636. The number of piperidine rings is 1. The fourth-order valence-electron chi connectivity index (χ4n) is 3.22. The first-order valence-corrected chi connectivity index (χ1v) is 6.96. The van der Waals surface area contributed by atoms with Gasteiger partial charge in [0.2, 0.25) is 0 Å². The van der Waals surface area contributed by atoms with Crippen LogP contribution in [0.15, 0.2) is 36.5 Å². The molecule has 1 aromatic heterocycles. The highest BCUT2D eigenvalue weighted by Crippen LogP contribution is 2.33. The van der Waals surface area contributed by atoms with Crippen LogP contribution >= 0.6 is 0 Å². The number of amides is 1. The van der Waals surface area contributed by atoms with Gasteiger partial charge in [0.05, 0.1) is 5.52 Å². The highest BCUT2D eigenvalue weighted by atomic mass is 16.4. The van der Waals surface area contributed by atoms with Crippen molar-refractivity contribution in [2.45, 2.75) is 19.3 Å². The molecule has 1 fully saturated rings. The Labute approximate surface area is 118 Å². The summed E-state index contributed by atoms with van der Waals surface area (Å²) in [5.41, 5.74) is 2.19. The summed E-state index contributed by atoms with van der Waals surface area (Å²) in [4.78, 5) is 17.2. The highest BCUT2D eigenvalue weighted by molar-refractivity contribution is 5.82. The first-order chi connectivity index (χ1) is 9.65. The zero-order valence-electron chi connectivity index (χ0n) is 11.5. The fourth-order valence-corrected chi connectivity index (χ4v) is 3.22. The second-order valence-electron chi connectivity index (χ2n) is 5.64. The molecule has 1 amide bonds. The Morgan fingerprint density at radius 1 is 1.30 bits per heavy atom. The number of fused-ring (bicyclic) bond motifs is 1. The second kappa shape index (κ2) is 5.12. The van der Waals surface area contributed by atoms with Gasteiger partial charge in [-0.15, -0.1) is 0 Å². The summed E-state index contributed by atoms with van der Waals surface area (Å²) in [7, 11) is 0. The third kappa shape index (κ3) is 2.33. The molecule has 1 aliphatic heterocycles. The summed E-state index contributed by atoms with van der Waals surface area (Å²) in [6, 6.07) is 10.1. The van der Waals surface area contributed by atoms with Crippen LogP contribution in [-0.2, 0) is 0 Å². The number of likely N-dealkylation sites (tertiary alicyclic amines) is 1. The van der Waals surface area contributed by atoms with Gasteiger partial charge in [-0.05, 0) is 30.0 Å². The molecule has 2 aromatic rings. The Morgan fingerprint density at radius 2 is 2.15 bits per heavy atom. The van der Waals surface area contributed by atoms with Crippen LogP contribution < -0.4 is 0 Å². The number of nitrogens with zero attached hydrogens (tertiary/aromatic N) is 2. The summed E-state index contributed by atoms with van der Waals surface area (Å²) in [6.07, 6.45) is 2.00. The number of benzene rings is 1. The van der Waals surface area contributed by atoms with Crippen LogP contribution in [0.4, 0.5) is 4.79 Å². The minimum Gasteiger partial charge on any atom is -0.465 e. The number of hydrogen-bond acceptors (Lipinski definition) is 2. The van der Waals surface area contributed by atoms with Gasteiger partial charge in [-0.2, -0.15) is 0 Å². The van der Waals surface area contributed by atoms with Crippen LogP contribution in [0.2, 0.25) is 0 Å². The first-order valence-electron chi connectivity index (χ1n) is 6.96. The second-order valence-corrected chi connectivity index (χ2v) is 5.64. The first kappa shape index (κ1) is 12.9. The molecule has 0 saturated carbocycles. The van der Waals surface area contributed by atoms with Gasteiger partial charge in [0.1, 0.15) is 0 Å². The monoisotopic (exact) mass is 270 g/mol. The molecule has 0 bridgehead atoms. The minimum atomic E-state index is -0.820. The molecular weight excluding hydrogens is 252 g/mol. The maximum Gasteiger partial charge on any atom is 0.407 e. The minimum absolute atomic E-state index is 0.253. The lowest BCUT2D eigenvalue weighted by Gasteiger charge is -2.35. The lowest BCUT2D eigenvalue weighted by Crippen LogP contribution is -2.41. The molecule has 4 heteroatoms. The van der Waals surface area contributed by atoms with Crippen molar-refractivity contribution in [1.29, 1.82) is 0 Å². The van der Waals surface area contributed by atoms with Gasteiger partial charge in [-0.25, -0.2) is 4.79 Å². The normalized spacial score (nSPS) is 22.9. The molecule has 2 heterocycles. The molecule has 104 valence electrons. The van der Waals surface area contributed by atoms with E-state index in [0.29, 0.717) is 19.0 Å². The molecule has 1 aliphatic rings. The van der Waals surface area contributed by atoms with Gasteiger partial charge >= 0.3 is 6.09 Å². The Hall–Kier alpha value is -2.10. The van der Waals surface area contributed by atoms with Crippen LogP contribution in [0.5, 0.6) is 0 Å². The molecule has 0 spiro atoms. The van der Waals surface area contributed by atoms with Crippen molar-refractivity contribution in [2.24, 2.45) is 5.92 Å². The molecule has 0 aliphatic carbocycles. The van der Waals surface area contributed by atoms with E-state index in [-0.39, 0.29) is 5.92 Å². The number of hydrogen-bond donors (Lipinski definition) is 1. The topological polar surface area (TPSA) is 53.4 Å². The fraction of sp³-hybridized carbons (Fsp3) is 0.375. The van der Waals surface area contributed by atoms with Crippen molar-refractivity contribution >= 4 is 17.0 Å². The van der Waals surface area contributed by atoms with E-state index in [1.807, 2.05) is 18.2 Å². The summed E-state index contributed by atoms with van der Waals surface area (Å²) < 4.78 is 0. The average molecular weight is 270 g/mol. The molecule has 0 radical (unpaired) electrons. The van der Waals surface area contributed by atoms with Crippen LogP contribution in [0.3, 0.4) is 0 Å². The highest BCUT2D eigenvalue weighted by Gasteiger charge is 2.29. The van der Waals surface area contributed by atoms with Gasteiger partial charge in [-0.1, -0.05) is 25.1 Å². The Kier molecular flexibility index (Phi) is 3.30. The van der Waals surface area contributed by atoms with Gasteiger partial charge in [-0.3, -0.25) is 4.98 Å². The van der Waals surface area contributed by atoms with Gasteiger partial charge in [0.25, 0.3) is 0 Å². The predicted octanol–water partition coefficient (Wildman–Crippen LogP) is 3.34. The van der Waals surface area contributed by atoms with E-state index in [0.717, 1.165) is 17.3 Å². The molecule has 1 saturated heterocycles. The summed E-state index contributed by atoms with van der Waals surface area (Å²) in [6.45, 7) is 3.33. The molecule has 2 atom stereocenters. The molecule has 4 nitrogen and oxygen atoms in total. The zero-order chi connectivity index (χ0) is 14.1. The third-order valence-electron chi connectivity index (χ3n) is 4.05. The van der Waals surface area contributed by atoms with E-state index in [1.54, 1.807) is 6.20 Å². The molecule has 0 unspecified atom stereocenters. The number of aromatic nitrogens is 1. The van der Waals surface area contributed by atoms with E-state index in [9.17, 15) is 9.90 Å². The average Bonchev–Trinajstić information content (AvgIpc) is 2.46. The zero-order valence-corrected chi connectivity index (χ0v) is 11.5. The van der Waals surface area contributed by atoms with Crippen LogP contribution in [-0.4, -0.2) is 34.2 Å². The van der Waals surface area contributed by atoms with Gasteiger partial charge in [0, 0.05) is 30.6 Å². The van der Waals surface area contributed by atoms with Crippen molar-refractivity contribution in [3.63, 3.8) is 0 Å². The number of pyridine rings is 1. The van der Waals surface area contributed by atoms with Gasteiger partial charge in [0.15, 0.2) is 0 Å². The van der Waals surface area contributed by atoms with Crippen molar-refractivity contribution < 1.29 is 9.90 Å². The Balaban J connectivity index is 1.99. The number of carboxylic acid groups (broad SMARTS) is 1. The Morgan fingerprint density at radius 3 is 2.95 bits per heavy atom. The number of rotatable bonds is 1. The summed E-state index contributed by atoms with van der Waals surface area (Å²) in [5, 5.41) is 10.4. The predicted molar refractivity (Wildman–Crippen MR) is 77.9 cm³/mol. The lowest BCUT2D eigenvalue weighted by molar-refractivity contribution is 0.116. The van der Waals surface area contributed by atoms with E-state index in [4.69, 9.17) is 0 Å². The van der Waals surface area contributed by atoms with E-state index >= 15 is 0 Å². The van der Waals surface area contributed by atoms with E-state index in [1.165, 1.54) is 10.5 Å². The van der Waals surface area contributed by atoms with Crippen LogP contribution in [0.1, 0.15) is 24.8 Å². The van der Waals surface area contributed by atoms with E-state index < -0.39 is 6.09 Å². The summed E-state index contributed by atoms with van der Waals surface area (Å²) in [5.74, 6) is 0.638. The SMILES string of the molecule is C[C@@H]1C[C@@H](c2cccc3ncccc23)CN(C(=O)O)C1. The van der Waals surface area contributed by atoms with Crippen LogP contribution in [0, 0.1) is 5.92 Å². The maximum absolute atomic E-state index is 11.3. The maximum atomic E-state index is 11.3. The molecule has 20 heavy (non-hydrogen) atoms. The van der Waals surface area contributed by atoms with Crippen molar-refractivity contribution in [3.05, 3.63) is 42.1 Å². The molecule has 1 aromatic carbocycles.